The number of benzene rings is 2. The molecule has 0 saturated heterocycles. The minimum atomic E-state index is -0.430. The van der Waals surface area contributed by atoms with Gasteiger partial charge in [0, 0.05) is 25.5 Å². The highest BCUT2D eigenvalue weighted by atomic mass is 16.2. The van der Waals surface area contributed by atoms with Gasteiger partial charge < -0.3 is 15.1 Å². The summed E-state index contributed by atoms with van der Waals surface area (Å²) in [4.78, 5) is 29.0. The minimum Gasteiger partial charge on any atom is -0.322 e. The van der Waals surface area contributed by atoms with Gasteiger partial charge in [0.25, 0.3) is 5.91 Å². The lowest BCUT2D eigenvalue weighted by atomic mass is 9.93. The number of urea groups is 1. The van der Waals surface area contributed by atoms with Crippen molar-refractivity contribution in [1.29, 1.82) is 0 Å². The highest BCUT2D eigenvalue weighted by molar-refractivity contribution is 6.07. The van der Waals surface area contributed by atoms with Crippen LogP contribution in [-0.2, 0) is 4.79 Å². The fourth-order valence-corrected chi connectivity index (χ4v) is 3.52. The molecule has 0 aromatic heterocycles. The Hall–Kier alpha value is -3.08. The third kappa shape index (κ3) is 3.45. The first-order chi connectivity index (χ1) is 12.8. The highest BCUT2D eigenvalue weighted by Gasteiger charge is 2.38. The van der Waals surface area contributed by atoms with Crippen LogP contribution in [0.3, 0.4) is 0 Å². The van der Waals surface area contributed by atoms with E-state index in [0.29, 0.717) is 11.3 Å². The van der Waals surface area contributed by atoms with Gasteiger partial charge in [-0.15, -0.1) is 0 Å². The van der Waals surface area contributed by atoms with Crippen LogP contribution >= 0.6 is 0 Å². The van der Waals surface area contributed by atoms with Gasteiger partial charge in [-0.2, -0.15) is 0 Å². The zero-order valence-electron chi connectivity index (χ0n) is 16.4. The smallest absolute Gasteiger partial charge is 0.322 e. The van der Waals surface area contributed by atoms with Gasteiger partial charge in [-0.3, -0.25) is 4.79 Å². The second-order valence-electron chi connectivity index (χ2n) is 7.04. The Morgan fingerprint density at radius 1 is 1.00 bits per heavy atom. The van der Waals surface area contributed by atoms with E-state index in [1.165, 1.54) is 4.90 Å². The Balaban J connectivity index is 2.05. The van der Waals surface area contributed by atoms with Gasteiger partial charge >= 0.3 is 6.03 Å². The summed E-state index contributed by atoms with van der Waals surface area (Å²) < 4.78 is 0. The number of allylic oxidation sites excluding steroid dienone is 1. The van der Waals surface area contributed by atoms with Crippen molar-refractivity contribution in [2.75, 3.05) is 19.4 Å². The van der Waals surface area contributed by atoms with Gasteiger partial charge in [-0.25, -0.2) is 4.79 Å². The zero-order chi connectivity index (χ0) is 19.7. The van der Waals surface area contributed by atoms with Crippen LogP contribution in [0.5, 0.6) is 0 Å². The number of nitrogens with zero attached hydrogens (tertiary/aromatic N) is 2. The van der Waals surface area contributed by atoms with Crippen molar-refractivity contribution in [3.63, 3.8) is 0 Å². The van der Waals surface area contributed by atoms with E-state index < -0.39 is 6.04 Å². The summed E-state index contributed by atoms with van der Waals surface area (Å²) in [5, 5.41) is 3.03. The van der Waals surface area contributed by atoms with Gasteiger partial charge in [0.05, 0.1) is 11.6 Å². The first-order valence-corrected chi connectivity index (χ1v) is 8.96. The van der Waals surface area contributed by atoms with Crippen LogP contribution in [0, 0.1) is 13.8 Å². The predicted octanol–water partition coefficient (Wildman–Crippen LogP) is 4.25. The first-order valence-electron chi connectivity index (χ1n) is 8.96. The lowest BCUT2D eigenvalue weighted by molar-refractivity contribution is -0.113. The molecule has 1 unspecified atom stereocenters. The molecule has 0 aliphatic carbocycles. The van der Waals surface area contributed by atoms with Crippen molar-refractivity contribution in [2.45, 2.75) is 26.8 Å². The number of hydrogen-bond donors (Lipinski definition) is 1. The van der Waals surface area contributed by atoms with Crippen LogP contribution < -0.4 is 5.32 Å². The Morgan fingerprint density at radius 2 is 1.67 bits per heavy atom. The SMILES string of the molecule is CC1=C(C(=O)Nc2ccc(C)cc2C)C(c2ccccc2)N(C)C(=O)N1C. The van der Waals surface area contributed by atoms with E-state index >= 15 is 0 Å². The molecule has 5 nitrogen and oxygen atoms in total. The molecule has 0 saturated carbocycles. The molecule has 2 aromatic carbocycles. The van der Waals surface area contributed by atoms with E-state index in [4.69, 9.17) is 0 Å². The summed E-state index contributed by atoms with van der Waals surface area (Å²) in [6.07, 6.45) is 0. The zero-order valence-corrected chi connectivity index (χ0v) is 16.4. The molecule has 140 valence electrons. The molecule has 3 rings (SSSR count). The van der Waals surface area contributed by atoms with E-state index in [-0.39, 0.29) is 11.9 Å². The van der Waals surface area contributed by atoms with Gasteiger partial charge in [-0.1, -0.05) is 48.0 Å². The summed E-state index contributed by atoms with van der Waals surface area (Å²) in [6, 6.07) is 15.0. The number of carbonyl (C=O) groups is 2. The van der Waals surface area contributed by atoms with E-state index in [9.17, 15) is 9.59 Å². The molecule has 3 amide bonds. The third-order valence-electron chi connectivity index (χ3n) is 5.13. The number of likely N-dealkylation sites (N-methyl/N-ethyl adjacent to an activating group) is 1. The molecule has 5 heteroatoms. The Kier molecular flexibility index (Phi) is 5.04. The topological polar surface area (TPSA) is 52.7 Å². The van der Waals surface area contributed by atoms with E-state index in [1.54, 1.807) is 19.0 Å². The maximum Gasteiger partial charge on any atom is 0.324 e. The van der Waals surface area contributed by atoms with Crippen molar-refractivity contribution in [3.8, 4) is 0 Å². The molecule has 0 fully saturated rings. The number of aryl methyl sites for hydroxylation is 2. The van der Waals surface area contributed by atoms with E-state index in [2.05, 4.69) is 5.32 Å². The molecule has 0 radical (unpaired) electrons. The molecular weight excluding hydrogens is 338 g/mol. The highest BCUT2D eigenvalue weighted by Crippen LogP contribution is 2.36. The second kappa shape index (κ2) is 7.27. The molecule has 1 aliphatic heterocycles. The van der Waals surface area contributed by atoms with Crippen LogP contribution in [0.1, 0.15) is 29.7 Å². The lowest BCUT2D eigenvalue weighted by Crippen LogP contribution is -2.47. The minimum absolute atomic E-state index is 0.135. The summed E-state index contributed by atoms with van der Waals surface area (Å²) in [7, 11) is 3.42. The molecule has 27 heavy (non-hydrogen) atoms. The monoisotopic (exact) mass is 363 g/mol. The fraction of sp³-hybridized carbons (Fsp3) is 0.273. The van der Waals surface area contributed by atoms with Crippen molar-refractivity contribution in [2.24, 2.45) is 0 Å². The van der Waals surface area contributed by atoms with Crippen LogP contribution in [0.15, 0.2) is 59.8 Å². The number of carbonyl (C=O) groups excluding carboxylic acids is 2. The standard InChI is InChI=1S/C22H25N3O2/c1-14-11-12-18(15(2)13-14)23-21(26)19-16(3)24(4)22(27)25(5)20(19)17-9-7-6-8-10-17/h6-13,20H,1-5H3,(H,23,26). The average Bonchev–Trinajstić information content (AvgIpc) is 2.65. The summed E-state index contributed by atoms with van der Waals surface area (Å²) >= 11 is 0. The quantitative estimate of drug-likeness (QED) is 0.886. The van der Waals surface area contributed by atoms with Crippen molar-refractivity contribution < 1.29 is 9.59 Å². The maximum absolute atomic E-state index is 13.3. The number of nitrogens with one attached hydrogen (secondary N) is 1. The number of hydrogen-bond acceptors (Lipinski definition) is 2. The van der Waals surface area contributed by atoms with Crippen LogP contribution in [0.25, 0.3) is 0 Å². The third-order valence-corrected chi connectivity index (χ3v) is 5.13. The lowest BCUT2D eigenvalue weighted by Gasteiger charge is -2.39. The summed E-state index contributed by atoms with van der Waals surface area (Å²) in [5.41, 5.74) is 5.07. The molecular formula is C22H25N3O2. The largest absolute Gasteiger partial charge is 0.324 e. The summed E-state index contributed by atoms with van der Waals surface area (Å²) in [6.45, 7) is 5.81. The van der Waals surface area contributed by atoms with E-state index in [1.807, 2.05) is 69.3 Å². The maximum atomic E-state index is 13.3. The molecule has 0 bridgehead atoms. The number of rotatable bonds is 3. The molecule has 0 spiro atoms. The molecule has 1 heterocycles. The Labute approximate surface area is 160 Å². The van der Waals surface area contributed by atoms with E-state index in [0.717, 1.165) is 22.4 Å². The molecule has 1 atom stereocenters. The fourth-order valence-electron chi connectivity index (χ4n) is 3.52. The molecule has 2 aromatic rings. The van der Waals surface area contributed by atoms with Gasteiger partial charge in [-0.05, 0) is 38.0 Å². The van der Waals surface area contributed by atoms with Crippen LogP contribution in [0.4, 0.5) is 10.5 Å². The van der Waals surface area contributed by atoms with Crippen LogP contribution in [0.2, 0.25) is 0 Å². The molecule has 1 N–H and O–H groups in total. The van der Waals surface area contributed by atoms with Crippen molar-refractivity contribution in [1.82, 2.24) is 9.80 Å². The number of anilines is 1. The Morgan fingerprint density at radius 3 is 2.30 bits per heavy atom. The first kappa shape index (κ1) is 18.7. The molecule has 1 aliphatic rings. The van der Waals surface area contributed by atoms with Gasteiger partial charge in [0.1, 0.15) is 0 Å². The van der Waals surface area contributed by atoms with Gasteiger partial charge in [0.2, 0.25) is 0 Å². The number of amides is 3. The van der Waals surface area contributed by atoms with Gasteiger partial charge in [0.15, 0.2) is 0 Å². The van der Waals surface area contributed by atoms with Crippen LogP contribution in [-0.4, -0.2) is 35.8 Å². The van der Waals surface area contributed by atoms with Crippen molar-refractivity contribution >= 4 is 17.6 Å². The summed E-state index contributed by atoms with van der Waals surface area (Å²) in [5.74, 6) is -0.195. The normalized spacial score (nSPS) is 17.4. The average molecular weight is 363 g/mol. The Bertz CT molecular complexity index is 918. The van der Waals surface area contributed by atoms with Crippen molar-refractivity contribution in [3.05, 3.63) is 76.5 Å². The predicted molar refractivity (Wildman–Crippen MR) is 107 cm³/mol. The second-order valence-corrected chi connectivity index (χ2v) is 7.04.